The number of benzene rings is 1. The molecule has 1 fully saturated rings. The zero-order valence-electron chi connectivity index (χ0n) is 14.4. The molecular formula is C19H20N4OS. The van der Waals surface area contributed by atoms with E-state index in [0.29, 0.717) is 16.6 Å². The number of aromatic nitrogens is 3. The average Bonchev–Trinajstić information content (AvgIpc) is 3.39. The number of rotatable bonds is 5. The monoisotopic (exact) mass is 352 g/mol. The van der Waals surface area contributed by atoms with Crippen molar-refractivity contribution in [2.45, 2.75) is 45.4 Å². The highest BCUT2D eigenvalue weighted by molar-refractivity contribution is 7.14. The molecular weight excluding hydrogens is 332 g/mol. The summed E-state index contributed by atoms with van der Waals surface area (Å²) >= 11 is 1.48. The van der Waals surface area contributed by atoms with Crippen LogP contribution in [0.2, 0.25) is 0 Å². The molecule has 128 valence electrons. The van der Waals surface area contributed by atoms with Gasteiger partial charge in [-0.3, -0.25) is 10.1 Å². The van der Waals surface area contributed by atoms with Crippen LogP contribution < -0.4 is 5.32 Å². The molecule has 0 bridgehead atoms. The summed E-state index contributed by atoms with van der Waals surface area (Å²) in [7, 11) is 0. The van der Waals surface area contributed by atoms with Crippen LogP contribution in [0.4, 0.5) is 5.13 Å². The molecule has 0 saturated heterocycles. The van der Waals surface area contributed by atoms with E-state index in [1.54, 1.807) is 6.07 Å². The lowest BCUT2D eigenvalue weighted by Crippen LogP contribution is -2.12. The molecule has 0 unspecified atom stereocenters. The Morgan fingerprint density at radius 1 is 1.12 bits per heavy atom. The molecule has 1 amide bonds. The number of hydrogen-bond donors (Lipinski definition) is 1. The minimum absolute atomic E-state index is 0.155. The Hall–Kier alpha value is -2.34. The van der Waals surface area contributed by atoms with Crippen LogP contribution in [0.25, 0.3) is 11.0 Å². The molecule has 1 aliphatic rings. The fraction of sp³-hybridized carbons (Fsp3) is 0.368. The third-order valence-corrected chi connectivity index (χ3v) is 5.27. The van der Waals surface area contributed by atoms with Crippen LogP contribution in [0.1, 0.15) is 60.0 Å². The molecule has 0 spiro atoms. The van der Waals surface area contributed by atoms with Gasteiger partial charge in [0.2, 0.25) is 0 Å². The van der Waals surface area contributed by atoms with Gasteiger partial charge in [-0.05, 0) is 43.9 Å². The van der Waals surface area contributed by atoms with Gasteiger partial charge in [0.05, 0.1) is 28.1 Å². The minimum atomic E-state index is -0.155. The second kappa shape index (κ2) is 6.52. The maximum Gasteiger partial charge on any atom is 0.257 e. The van der Waals surface area contributed by atoms with Gasteiger partial charge in [-0.2, -0.15) is 0 Å². The van der Waals surface area contributed by atoms with Crippen molar-refractivity contribution in [3.05, 3.63) is 46.2 Å². The lowest BCUT2D eigenvalue weighted by atomic mass is 10.1. The summed E-state index contributed by atoms with van der Waals surface area (Å²) < 4.78 is 0. The van der Waals surface area contributed by atoms with Crippen molar-refractivity contribution in [2.75, 3.05) is 5.32 Å². The number of nitrogens with one attached hydrogen (secondary N) is 1. The summed E-state index contributed by atoms with van der Waals surface area (Å²) in [6.07, 6.45) is 4.12. The number of anilines is 1. The number of carbonyl (C=O) groups excluding carboxylic acids is 1. The molecule has 0 aliphatic heterocycles. The molecule has 0 atom stereocenters. The Balaban J connectivity index is 1.59. The van der Waals surface area contributed by atoms with E-state index in [1.807, 2.05) is 17.5 Å². The Bertz CT molecular complexity index is 946. The summed E-state index contributed by atoms with van der Waals surface area (Å²) in [5, 5.41) is 5.60. The van der Waals surface area contributed by atoms with Crippen molar-refractivity contribution < 1.29 is 4.79 Å². The van der Waals surface area contributed by atoms with Crippen molar-refractivity contribution in [3.8, 4) is 0 Å². The SMILES string of the molecule is CCc1nc2ccc(C(=O)Nc3nc(C4CC4)cs3)cc2nc1CC. The van der Waals surface area contributed by atoms with Crippen LogP contribution in [0.5, 0.6) is 0 Å². The molecule has 1 aliphatic carbocycles. The van der Waals surface area contributed by atoms with Gasteiger partial charge in [-0.15, -0.1) is 11.3 Å². The number of fused-ring (bicyclic) bond motifs is 1. The molecule has 5 nitrogen and oxygen atoms in total. The predicted molar refractivity (Wildman–Crippen MR) is 100 cm³/mol. The summed E-state index contributed by atoms with van der Waals surface area (Å²) in [6, 6.07) is 5.48. The quantitative estimate of drug-likeness (QED) is 0.741. The van der Waals surface area contributed by atoms with E-state index in [1.165, 1.54) is 24.2 Å². The van der Waals surface area contributed by atoms with Gasteiger partial charge in [-0.25, -0.2) is 15.0 Å². The Morgan fingerprint density at radius 2 is 1.84 bits per heavy atom. The smallest absolute Gasteiger partial charge is 0.257 e. The van der Waals surface area contributed by atoms with E-state index in [9.17, 15) is 4.79 Å². The molecule has 1 saturated carbocycles. The summed E-state index contributed by atoms with van der Waals surface area (Å²) in [5.41, 5.74) is 5.31. The summed E-state index contributed by atoms with van der Waals surface area (Å²) in [5.74, 6) is 0.441. The Labute approximate surface area is 150 Å². The molecule has 2 heterocycles. The number of nitrogens with zero attached hydrogens (tertiary/aromatic N) is 3. The molecule has 3 aromatic rings. The highest BCUT2D eigenvalue weighted by atomic mass is 32.1. The molecule has 6 heteroatoms. The van der Waals surface area contributed by atoms with Crippen molar-refractivity contribution in [2.24, 2.45) is 0 Å². The van der Waals surface area contributed by atoms with E-state index in [4.69, 9.17) is 4.98 Å². The molecule has 1 N–H and O–H groups in total. The van der Waals surface area contributed by atoms with Crippen molar-refractivity contribution in [3.63, 3.8) is 0 Å². The molecule has 2 aromatic heterocycles. The van der Waals surface area contributed by atoms with Gasteiger partial charge in [0.25, 0.3) is 5.91 Å². The van der Waals surface area contributed by atoms with Crippen LogP contribution in [0.15, 0.2) is 23.6 Å². The van der Waals surface area contributed by atoms with E-state index in [-0.39, 0.29) is 5.91 Å². The van der Waals surface area contributed by atoms with Gasteiger partial charge in [0.15, 0.2) is 5.13 Å². The summed E-state index contributed by atoms with van der Waals surface area (Å²) in [6.45, 7) is 4.16. The number of amides is 1. The molecule has 25 heavy (non-hydrogen) atoms. The van der Waals surface area contributed by atoms with Crippen molar-refractivity contribution in [1.82, 2.24) is 15.0 Å². The third-order valence-electron chi connectivity index (χ3n) is 4.49. The average molecular weight is 352 g/mol. The van der Waals surface area contributed by atoms with Crippen LogP contribution in [0, 0.1) is 0 Å². The Kier molecular flexibility index (Phi) is 4.21. The van der Waals surface area contributed by atoms with Crippen LogP contribution in [-0.4, -0.2) is 20.9 Å². The maximum absolute atomic E-state index is 12.5. The number of carbonyl (C=O) groups is 1. The van der Waals surface area contributed by atoms with E-state index in [0.717, 1.165) is 41.0 Å². The topological polar surface area (TPSA) is 67.8 Å². The largest absolute Gasteiger partial charge is 0.298 e. The van der Waals surface area contributed by atoms with Crippen LogP contribution in [0.3, 0.4) is 0 Å². The van der Waals surface area contributed by atoms with E-state index < -0.39 is 0 Å². The fourth-order valence-electron chi connectivity index (χ4n) is 2.91. The first-order valence-electron chi connectivity index (χ1n) is 8.74. The van der Waals surface area contributed by atoms with E-state index in [2.05, 4.69) is 29.1 Å². The molecule has 4 rings (SSSR count). The fourth-order valence-corrected chi connectivity index (χ4v) is 3.70. The van der Waals surface area contributed by atoms with Crippen molar-refractivity contribution in [1.29, 1.82) is 0 Å². The molecule has 1 aromatic carbocycles. The number of hydrogen-bond acceptors (Lipinski definition) is 5. The second-order valence-corrected chi connectivity index (χ2v) is 7.19. The Morgan fingerprint density at radius 3 is 2.52 bits per heavy atom. The third kappa shape index (κ3) is 3.26. The maximum atomic E-state index is 12.5. The first kappa shape index (κ1) is 16.1. The standard InChI is InChI=1S/C19H20N4OS/c1-3-13-14(4-2)21-16-9-12(7-8-15(16)20-13)18(24)23-19-22-17(10-25-19)11-5-6-11/h7-11H,3-6H2,1-2H3,(H,22,23,24). The van der Waals surface area contributed by atoms with Gasteiger partial charge in [0, 0.05) is 16.9 Å². The first-order chi connectivity index (χ1) is 12.2. The second-order valence-electron chi connectivity index (χ2n) is 6.33. The lowest BCUT2D eigenvalue weighted by molar-refractivity contribution is 0.102. The number of aryl methyl sites for hydroxylation is 2. The zero-order valence-corrected chi connectivity index (χ0v) is 15.2. The lowest BCUT2D eigenvalue weighted by Gasteiger charge is -2.08. The van der Waals surface area contributed by atoms with Gasteiger partial charge >= 0.3 is 0 Å². The first-order valence-corrected chi connectivity index (χ1v) is 9.62. The zero-order chi connectivity index (χ0) is 17.4. The predicted octanol–water partition coefficient (Wildman–Crippen LogP) is 4.34. The van der Waals surface area contributed by atoms with Crippen LogP contribution in [-0.2, 0) is 12.8 Å². The van der Waals surface area contributed by atoms with Gasteiger partial charge in [-0.1, -0.05) is 13.8 Å². The van der Waals surface area contributed by atoms with Crippen LogP contribution >= 0.6 is 11.3 Å². The number of thiazole rings is 1. The van der Waals surface area contributed by atoms with Gasteiger partial charge in [0.1, 0.15) is 0 Å². The summed E-state index contributed by atoms with van der Waals surface area (Å²) in [4.78, 5) is 26.4. The minimum Gasteiger partial charge on any atom is -0.298 e. The normalized spacial score (nSPS) is 14.0. The van der Waals surface area contributed by atoms with Crippen molar-refractivity contribution >= 4 is 33.4 Å². The van der Waals surface area contributed by atoms with E-state index >= 15 is 0 Å². The molecule has 0 radical (unpaired) electrons. The highest BCUT2D eigenvalue weighted by Crippen LogP contribution is 2.40. The highest BCUT2D eigenvalue weighted by Gasteiger charge is 2.26. The van der Waals surface area contributed by atoms with Gasteiger partial charge < -0.3 is 0 Å².